The lowest BCUT2D eigenvalue weighted by Gasteiger charge is -2.37. The zero-order valence-corrected chi connectivity index (χ0v) is 16.5. The molecule has 1 amide bonds. The van der Waals surface area contributed by atoms with Crippen LogP contribution in [0.2, 0.25) is 0 Å². The normalized spacial score (nSPS) is 26.6. The van der Waals surface area contributed by atoms with E-state index in [0.717, 1.165) is 30.4 Å². The van der Waals surface area contributed by atoms with Crippen molar-refractivity contribution in [3.63, 3.8) is 0 Å². The molecule has 1 spiro atoms. The van der Waals surface area contributed by atoms with Crippen LogP contribution in [0.4, 0.5) is 5.95 Å². The summed E-state index contributed by atoms with van der Waals surface area (Å²) in [5, 5.41) is 0. The van der Waals surface area contributed by atoms with Crippen molar-refractivity contribution in [2.75, 3.05) is 18.0 Å². The molecular formula is C20H21BrN4O2. The molecule has 0 saturated carbocycles. The van der Waals surface area contributed by atoms with Gasteiger partial charge in [0.25, 0.3) is 5.91 Å². The second-order valence-corrected chi connectivity index (χ2v) is 8.39. The maximum absolute atomic E-state index is 13.4. The van der Waals surface area contributed by atoms with Crippen LogP contribution in [-0.4, -0.2) is 45.7 Å². The zero-order valence-electron chi connectivity index (χ0n) is 14.9. The Morgan fingerprint density at radius 3 is 2.48 bits per heavy atom. The van der Waals surface area contributed by atoms with E-state index in [-0.39, 0.29) is 18.2 Å². The van der Waals surface area contributed by atoms with Crippen molar-refractivity contribution in [3.8, 4) is 0 Å². The van der Waals surface area contributed by atoms with Crippen LogP contribution >= 0.6 is 15.9 Å². The van der Waals surface area contributed by atoms with Crippen LogP contribution < -0.4 is 4.90 Å². The van der Waals surface area contributed by atoms with Crippen LogP contribution in [-0.2, 0) is 9.53 Å². The first-order valence-corrected chi connectivity index (χ1v) is 10.2. The molecule has 1 aromatic carbocycles. The maximum atomic E-state index is 13.4. The van der Waals surface area contributed by atoms with E-state index >= 15 is 0 Å². The van der Waals surface area contributed by atoms with Gasteiger partial charge in [-0.1, -0.05) is 30.3 Å². The summed E-state index contributed by atoms with van der Waals surface area (Å²) in [5.74, 6) is 0.872. The van der Waals surface area contributed by atoms with Crippen molar-refractivity contribution in [2.45, 2.75) is 43.6 Å². The van der Waals surface area contributed by atoms with Gasteiger partial charge in [-0.25, -0.2) is 9.97 Å². The molecule has 27 heavy (non-hydrogen) atoms. The second-order valence-electron chi connectivity index (χ2n) is 7.47. The van der Waals surface area contributed by atoms with Crippen LogP contribution in [0.25, 0.3) is 0 Å². The molecule has 0 aliphatic carbocycles. The molecule has 1 aromatic heterocycles. The average Bonchev–Trinajstić information content (AvgIpc) is 3.23. The van der Waals surface area contributed by atoms with Gasteiger partial charge in [0.2, 0.25) is 5.95 Å². The molecule has 1 unspecified atom stereocenters. The van der Waals surface area contributed by atoms with Crippen molar-refractivity contribution in [3.05, 3.63) is 52.8 Å². The summed E-state index contributed by atoms with van der Waals surface area (Å²) in [6, 6.07) is 10.4. The van der Waals surface area contributed by atoms with Crippen LogP contribution in [0.3, 0.4) is 0 Å². The van der Waals surface area contributed by atoms with E-state index in [9.17, 15) is 4.79 Å². The number of aromatic nitrogens is 2. The van der Waals surface area contributed by atoms with Crippen molar-refractivity contribution in [1.29, 1.82) is 0 Å². The van der Waals surface area contributed by atoms with Crippen LogP contribution in [0.5, 0.6) is 0 Å². The Labute approximate surface area is 166 Å². The average molecular weight is 429 g/mol. The van der Waals surface area contributed by atoms with Crippen molar-refractivity contribution in [2.24, 2.45) is 0 Å². The molecule has 3 aliphatic rings. The highest BCUT2D eigenvalue weighted by molar-refractivity contribution is 9.10. The first kappa shape index (κ1) is 17.1. The van der Waals surface area contributed by atoms with E-state index in [4.69, 9.17) is 4.74 Å². The number of hydrogen-bond acceptors (Lipinski definition) is 5. The first-order chi connectivity index (χ1) is 13.2. The number of carbonyl (C=O) groups excluding carboxylic acids is 1. The fraction of sp³-hybridized carbons (Fsp3) is 0.450. The third-order valence-corrected chi connectivity index (χ3v) is 6.37. The van der Waals surface area contributed by atoms with Gasteiger partial charge in [0.05, 0.1) is 10.5 Å². The van der Waals surface area contributed by atoms with Gasteiger partial charge in [-0.2, -0.15) is 0 Å². The number of piperidine rings is 1. The first-order valence-electron chi connectivity index (χ1n) is 9.44. The SMILES string of the molecule is O=C1N2C(CC[C@H]2c2ccccc2)OC12CCN(c1ncc(Br)cn1)CC2. The Balaban J connectivity index is 1.33. The Morgan fingerprint density at radius 1 is 1.07 bits per heavy atom. The minimum atomic E-state index is -0.677. The summed E-state index contributed by atoms with van der Waals surface area (Å²) < 4.78 is 7.25. The van der Waals surface area contributed by atoms with Crippen molar-refractivity contribution >= 4 is 27.8 Å². The van der Waals surface area contributed by atoms with Crippen LogP contribution in [0.1, 0.15) is 37.3 Å². The molecule has 4 heterocycles. The van der Waals surface area contributed by atoms with Gasteiger partial charge in [-0.05, 0) is 34.3 Å². The molecule has 6 nitrogen and oxygen atoms in total. The predicted molar refractivity (Wildman–Crippen MR) is 104 cm³/mol. The van der Waals surface area contributed by atoms with Gasteiger partial charge in [0.1, 0.15) is 6.23 Å². The Bertz CT molecular complexity index is 837. The van der Waals surface area contributed by atoms with E-state index in [1.807, 2.05) is 23.1 Å². The summed E-state index contributed by atoms with van der Waals surface area (Å²) in [5.41, 5.74) is 0.527. The zero-order chi connectivity index (χ0) is 18.4. The van der Waals surface area contributed by atoms with Crippen LogP contribution in [0, 0.1) is 0 Å². The van der Waals surface area contributed by atoms with E-state index in [1.54, 1.807) is 12.4 Å². The molecule has 0 radical (unpaired) electrons. The number of rotatable bonds is 2. The van der Waals surface area contributed by atoms with Gasteiger partial charge < -0.3 is 14.5 Å². The number of hydrogen-bond donors (Lipinski definition) is 0. The number of nitrogens with zero attached hydrogens (tertiary/aromatic N) is 4. The monoisotopic (exact) mass is 428 g/mol. The lowest BCUT2D eigenvalue weighted by molar-refractivity contribution is -0.140. The van der Waals surface area contributed by atoms with Gasteiger partial charge in [-0.3, -0.25) is 4.79 Å². The summed E-state index contributed by atoms with van der Waals surface area (Å²) in [6.45, 7) is 1.45. The maximum Gasteiger partial charge on any atom is 0.257 e. The second kappa shape index (κ2) is 6.56. The number of anilines is 1. The van der Waals surface area contributed by atoms with Crippen molar-refractivity contribution in [1.82, 2.24) is 14.9 Å². The quantitative estimate of drug-likeness (QED) is 0.734. The minimum absolute atomic E-state index is 0.0850. The predicted octanol–water partition coefficient (Wildman–Crippen LogP) is 3.30. The lowest BCUT2D eigenvalue weighted by atomic mass is 9.89. The van der Waals surface area contributed by atoms with Gasteiger partial charge in [0, 0.05) is 38.3 Å². The Morgan fingerprint density at radius 2 is 1.78 bits per heavy atom. The molecule has 3 aliphatic heterocycles. The highest BCUT2D eigenvalue weighted by Crippen LogP contribution is 2.47. The van der Waals surface area contributed by atoms with E-state index in [2.05, 4.69) is 42.9 Å². The summed E-state index contributed by atoms with van der Waals surface area (Å²) in [7, 11) is 0. The molecule has 0 N–H and O–H groups in total. The summed E-state index contributed by atoms with van der Waals surface area (Å²) in [6.07, 6.45) is 6.66. The largest absolute Gasteiger partial charge is 0.342 e. The fourth-order valence-corrected chi connectivity index (χ4v) is 4.79. The third kappa shape index (κ3) is 2.84. The molecule has 5 rings (SSSR count). The molecular weight excluding hydrogens is 408 g/mol. The minimum Gasteiger partial charge on any atom is -0.342 e. The number of carbonyl (C=O) groups is 1. The number of halogens is 1. The van der Waals surface area contributed by atoms with Gasteiger partial charge in [0.15, 0.2) is 5.60 Å². The van der Waals surface area contributed by atoms with E-state index in [0.29, 0.717) is 18.8 Å². The number of ether oxygens (including phenoxy) is 1. The Kier molecular flexibility index (Phi) is 4.16. The topological polar surface area (TPSA) is 58.6 Å². The van der Waals surface area contributed by atoms with Crippen LogP contribution in [0.15, 0.2) is 47.2 Å². The molecule has 3 saturated heterocycles. The molecule has 2 atom stereocenters. The lowest BCUT2D eigenvalue weighted by Crippen LogP contribution is -2.50. The molecule has 140 valence electrons. The number of benzene rings is 1. The molecule has 3 fully saturated rings. The Hall–Kier alpha value is -1.99. The van der Waals surface area contributed by atoms with E-state index < -0.39 is 5.60 Å². The molecule has 7 heteroatoms. The standard InChI is InChI=1S/C20H21BrN4O2/c21-15-12-22-19(23-13-15)24-10-8-20(9-11-24)18(26)25-16(6-7-17(25)27-20)14-4-2-1-3-5-14/h1-5,12-13,16-17H,6-11H2/t16-,17?/m0/s1. The molecule has 2 aromatic rings. The van der Waals surface area contributed by atoms with Crippen molar-refractivity contribution < 1.29 is 9.53 Å². The summed E-state index contributed by atoms with van der Waals surface area (Å²) in [4.78, 5) is 26.3. The molecule has 0 bridgehead atoms. The fourth-order valence-electron chi connectivity index (χ4n) is 4.58. The van der Waals surface area contributed by atoms with Gasteiger partial charge >= 0.3 is 0 Å². The highest BCUT2D eigenvalue weighted by Gasteiger charge is 2.58. The number of fused-ring (bicyclic) bond motifs is 1. The number of amides is 1. The third-order valence-electron chi connectivity index (χ3n) is 5.96. The van der Waals surface area contributed by atoms with Gasteiger partial charge in [-0.15, -0.1) is 0 Å². The van der Waals surface area contributed by atoms with E-state index in [1.165, 1.54) is 5.56 Å². The highest BCUT2D eigenvalue weighted by atomic mass is 79.9. The smallest absolute Gasteiger partial charge is 0.257 e. The summed E-state index contributed by atoms with van der Waals surface area (Å²) >= 11 is 3.36.